The highest BCUT2D eigenvalue weighted by Crippen LogP contribution is 2.45. The van der Waals surface area contributed by atoms with Gasteiger partial charge in [-0.15, -0.1) is 0 Å². The van der Waals surface area contributed by atoms with Crippen molar-refractivity contribution >= 4 is 74.0 Å². The van der Waals surface area contributed by atoms with E-state index in [4.69, 9.17) is 36.2 Å². The first-order valence-electron chi connectivity index (χ1n) is 14.3. The molecule has 2 aliphatic carbocycles. The second kappa shape index (κ2) is 13.3. The molecule has 0 saturated carbocycles. The summed E-state index contributed by atoms with van der Waals surface area (Å²) in [5.41, 5.74) is 11.9. The molecule has 0 atom stereocenters. The van der Waals surface area contributed by atoms with Crippen LogP contribution < -0.4 is 11.1 Å². The number of alkyl halides is 1. The number of nitrogens with two attached hydrogens (primary N) is 1. The summed E-state index contributed by atoms with van der Waals surface area (Å²) in [6.07, 6.45) is 0. The first-order chi connectivity index (χ1) is 22.3. The Balaban J connectivity index is 0.000000159. The van der Waals surface area contributed by atoms with E-state index in [1.807, 2.05) is 67.7 Å². The molecule has 0 unspecified atom stereocenters. The number of hydrogen-bond donors (Lipinski definition) is 2. The van der Waals surface area contributed by atoms with E-state index in [1.165, 1.54) is 7.05 Å². The molecule has 3 N–H and O–H groups in total. The van der Waals surface area contributed by atoms with Crippen molar-refractivity contribution in [3.63, 3.8) is 0 Å². The lowest BCUT2D eigenvalue weighted by Crippen LogP contribution is -2.01. The molecule has 2 aliphatic rings. The molecule has 6 nitrogen and oxygen atoms in total. The molecular weight excluding hydrogens is 634 g/mol. The van der Waals surface area contributed by atoms with Crippen LogP contribution >= 0.6 is 34.8 Å². The first kappa shape index (κ1) is 30.6. The summed E-state index contributed by atoms with van der Waals surface area (Å²) >= 11 is 18.3. The molecular formula is C35H26Cl3FN4O2. The van der Waals surface area contributed by atoms with E-state index in [0.29, 0.717) is 43.0 Å². The Hall–Kier alpha value is -4.40. The van der Waals surface area contributed by atoms with Gasteiger partial charge in [0.15, 0.2) is 11.6 Å². The van der Waals surface area contributed by atoms with Crippen molar-refractivity contribution in [2.24, 2.45) is 5.73 Å². The molecule has 45 heavy (non-hydrogen) atoms. The number of carbonyl (C=O) groups is 2. The number of fused-ring (bicyclic) bond motifs is 10. The third-order valence-corrected chi connectivity index (χ3v) is 8.17. The normalized spacial score (nSPS) is 11.9. The van der Waals surface area contributed by atoms with E-state index >= 15 is 0 Å². The molecule has 0 spiro atoms. The fourth-order valence-electron chi connectivity index (χ4n) is 5.67. The molecule has 0 saturated heterocycles. The van der Waals surface area contributed by atoms with Crippen molar-refractivity contribution < 1.29 is 15.4 Å². The number of anilines is 1. The zero-order valence-corrected chi connectivity index (χ0v) is 26.4. The Morgan fingerprint density at radius 3 is 1.62 bits per heavy atom. The summed E-state index contributed by atoms with van der Waals surface area (Å²) in [6.45, 7) is 0. The highest BCUT2D eigenvalue weighted by Gasteiger charge is 2.33. The Morgan fingerprint density at radius 2 is 1.11 bits per heavy atom. The molecule has 10 heteroatoms. The summed E-state index contributed by atoms with van der Waals surface area (Å²) < 4.78 is 15.5. The molecule has 8 rings (SSSR count). The first-order valence-corrected chi connectivity index (χ1v) is 14.7. The minimum absolute atomic E-state index is 0.0117. The number of nitrogens with zero attached hydrogens (tertiary/aromatic N) is 2. The second-order valence-electron chi connectivity index (χ2n) is 9.69. The number of para-hydroxylation sites is 2. The third-order valence-electron chi connectivity index (χ3n) is 7.42. The summed E-state index contributed by atoms with van der Waals surface area (Å²) in [6, 6.07) is 25.9. The van der Waals surface area contributed by atoms with Gasteiger partial charge in [0.2, 0.25) is 0 Å². The van der Waals surface area contributed by atoms with Crippen molar-refractivity contribution in [3.8, 4) is 22.3 Å². The smallest absolute Gasteiger partial charge is 0.195 e. The Labute approximate surface area is 275 Å². The van der Waals surface area contributed by atoms with Crippen molar-refractivity contribution in [1.29, 1.82) is 0 Å². The Morgan fingerprint density at radius 1 is 0.667 bits per heavy atom. The van der Waals surface area contributed by atoms with Crippen LogP contribution in [0.4, 0.5) is 10.2 Å². The maximum Gasteiger partial charge on any atom is 0.195 e. The van der Waals surface area contributed by atoms with E-state index in [9.17, 15) is 14.0 Å². The Kier molecular flexibility index (Phi) is 9.05. The molecule has 6 aromatic rings. The number of hydrogen-bond acceptors (Lipinski definition) is 6. The molecule has 226 valence electrons. The van der Waals surface area contributed by atoms with Crippen LogP contribution in [-0.4, -0.2) is 42.8 Å². The van der Waals surface area contributed by atoms with E-state index in [0.717, 1.165) is 44.3 Å². The average Bonchev–Trinajstić information content (AvgIpc) is 3.53. The van der Waals surface area contributed by atoms with Gasteiger partial charge >= 0.3 is 0 Å². The summed E-state index contributed by atoms with van der Waals surface area (Å²) in [5.74, 6) is 0.689. The quantitative estimate of drug-likeness (QED) is 0.171. The lowest BCUT2D eigenvalue weighted by molar-refractivity contribution is 0.103. The number of aromatic nitrogens is 2. The van der Waals surface area contributed by atoms with E-state index in [2.05, 4.69) is 21.0 Å². The topological polar surface area (TPSA) is 98.0 Å². The number of rotatable bonds is 1. The fraction of sp³-hybridized carbons (Fsp3) is 0.0857. The van der Waals surface area contributed by atoms with Gasteiger partial charge in [-0.25, -0.2) is 9.97 Å². The van der Waals surface area contributed by atoms with Gasteiger partial charge in [0, 0.05) is 61.2 Å². The number of ketones is 2. The zero-order valence-electron chi connectivity index (χ0n) is 25.1. The predicted molar refractivity (Wildman–Crippen MR) is 183 cm³/mol. The standard InChI is InChI=1S/C17H11ClN2O.C16H7Cl2NO.CH3F.CH5N/c1-19-17-15-10-7-6-9(18)8-12(10)16(21)14(15)11-4-2-3-5-13(11)20-17;17-8-5-6-9-11(7-8)15(20)13-10-3-1-2-4-12(10)19-16(18)14(9)13;2*1-2/h2-8H,1H3,(H,19,20);1-7H;1H3;2H2,1H3/i;;1D;. The number of carbonyl (C=O) groups excluding carboxylic acids is 2. The van der Waals surface area contributed by atoms with Crippen molar-refractivity contribution in [2.75, 3.05) is 26.6 Å². The third kappa shape index (κ3) is 5.42. The molecule has 0 aliphatic heterocycles. The summed E-state index contributed by atoms with van der Waals surface area (Å²) in [7, 11) is 2.32. The van der Waals surface area contributed by atoms with Crippen LogP contribution in [0, 0.1) is 0 Å². The van der Waals surface area contributed by atoms with Crippen LogP contribution in [0.5, 0.6) is 0 Å². The summed E-state index contributed by atoms with van der Waals surface area (Å²) in [5, 5.41) is 6.26. The fourth-order valence-corrected chi connectivity index (χ4v) is 6.30. The maximum absolute atomic E-state index is 12.8. The molecule has 0 bridgehead atoms. The number of halogens is 4. The second-order valence-corrected chi connectivity index (χ2v) is 10.9. The minimum Gasteiger partial charge on any atom is -0.373 e. The highest BCUT2D eigenvalue weighted by atomic mass is 35.5. The zero-order chi connectivity index (χ0) is 33.1. The van der Waals surface area contributed by atoms with E-state index in [-0.39, 0.29) is 11.6 Å². The van der Waals surface area contributed by atoms with Crippen molar-refractivity contribution in [2.45, 2.75) is 0 Å². The number of nitrogens with one attached hydrogen (secondary N) is 1. The minimum atomic E-state index is -1.00. The van der Waals surface area contributed by atoms with Gasteiger partial charge in [0.1, 0.15) is 11.0 Å². The molecule has 4 aromatic carbocycles. The van der Waals surface area contributed by atoms with E-state index < -0.39 is 7.15 Å². The largest absolute Gasteiger partial charge is 0.373 e. The van der Waals surface area contributed by atoms with Crippen LogP contribution in [0.1, 0.15) is 33.2 Å². The number of benzene rings is 4. The highest BCUT2D eigenvalue weighted by molar-refractivity contribution is 6.39. The van der Waals surface area contributed by atoms with Gasteiger partial charge < -0.3 is 11.1 Å². The van der Waals surface area contributed by atoms with Crippen LogP contribution in [0.15, 0.2) is 84.9 Å². The van der Waals surface area contributed by atoms with Gasteiger partial charge in [0.05, 0.1) is 19.6 Å². The van der Waals surface area contributed by atoms with Gasteiger partial charge in [-0.3, -0.25) is 14.0 Å². The van der Waals surface area contributed by atoms with Crippen LogP contribution in [0.25, 0.3) is 44.1 Å². The lowest BCUT2D eigenvalue weighted by atomic mass is 10.0. The maximum atomic E-state index is 12.8. The van der Waals surface area contributed by atoms with Gasteiger partial charge in [-0.05, 0) is 54.6 Å². The molecule has 2 aromatic heterocycles. The van der Waals surface area contributed by atoms with Gasteiger partial charge in [0.25, 0.3) is 0 Å². The molecule has 0 radical (unpaired) electrons. The molecule has 2 heterocycles. The SMILES string of the molecule is CN.CNc1nc2ccccc2c2c1-c1ccc(Cl)cc1C2=O.O=C1c2cc(Cl)ccc2-c2c(Cl)nc3ccccc3c21.[2H]CF. The van der Waals surface area contributed by atoms with Crippen LogP contribution in [-0.2, 0) is 0 Å². The van der Waals surface area contributed by atoms with Crippen LogP contribution in [0.3, 0.4) is 0 Å². The van der Waals surface area contributed by atoms with Crippen molar-refractivity contribution in [3.05, 3.63) is 122 Å². The van der Waals surface area contributed by atoms with Gasteiger partial charge in [-0.2, -0.15) is 0 Å². The molecule has 0 amide bonds. The molecule has 0 fully saturated rings. The van der Waals surface area contributed by atoms with Crippen LogP contribution in [0.2, 0.25) is 15.2 Å². The lowest BCUT2D eigenvalue weighted by Gasteiger charge is -2.10. The summed E-state index contributed by atoms with van der Waals surface area (Å²) in [4.78, 5) is 34.5. The average molecular weight is 661 g/mol. The van der Waals surface area contributed by atoms with Crippen molar-refractivity contribution in [1.82, 2.24) is 9.97 Å². The van der Waals surface area contributed by atoms with Gasteiger partial charge in [-0.1, -0.05) is 83.3 Å². The number of pyridine rings is 2. The van der Waals surface area contributed by atoms with E-state index in [1.54, 1.807) is 24.3 Å². The predicted octanol–water partition coefficient (Wildman–Crippen LogP) is 9.05. The monoisotopic (exact) mass is 659 g/mol. The Bertz CT molecular complexity index is 2160.